The molecule has 0 bridgehead atoms. The summed E-state index contributed by atoms with van der Waals surface area (Å²) in [4.78, 5) is 11.6. The number of halogens is 1. The zero-order valence-electron chi connectivity index (χ0n) is 16.6. The number of hydrogen-bond acceptors (Lipinski definition) is 9. The Morgan fingerprint density at radius 3 is 2.32 bits per heavy atom. The van der Waals surface area contributed by atoms with Gasteiger partial charge in [-0.05, 0) is 42.1 Å². The standard InChI is InChI=1S/C20H17BrN2O7S/c1-27-13-5-11(6-14(9-13)28-2)18-22-23-20(30-18)31-16(19(25)26)7-10-4-12(21)8-15(29-3)17(10)24/h4-9,24H,1-3H3,(H,25,26)/b16-7-. The maximum Gasteiger partial charge on any atom is 0.342 e. The second-order valence-electron chi connectivity index (χ2n) is 5.94. The summed E-state index contributed by atoms with van der Waals surface area (Å²) in [7, 11) is 4.43. The van der Waals surface area contributed by atoms with Crippen molar-refractivity contribution in [3.8, 4) is 34.5 Å². The predicted molar refractivity (Wildman–Crippen MR) is 117 cm³/mol. The average Bonchev–Trinajstić information content (AvgIpc) is 3.23. The molecule has 1 aromatic heterocycles. The van der Waals surface area contributed by atoms with Gasteiger partial charge in [0.25, 0.3) is 5.22 Å². The summed E-state index contributed by atoms with van der Waals surface area (Å²) in [6, 6.07) is 8.18. The summed E-state index contributed by atoms with van der Waals surface area (Å²) in [6.45, 7) is 0. The van der Waals surface area contributed by atoms with Crippen LogP contribution in [-0.4, -0.2) is 47.7 Å². The first-order valence-electron chi connectivity index (χ1n) is 8.61. The third-order valence-corrected chi connectivity index (χ3v) is 5.30. The molecule has 0 aliphatic carbocycles. The lowest BCUT2D eigenvalue weighted by Gasteiger charge is -2.08. The van der Waals surface area contributed by atoms with Crippen LogP contribution in [0.25, 0.3) is 17.5 Å². The molecule has 2 aromatic carbocycles. The first-order valence-corrected chi connectivity index (χ1v) is 10.2. The minimum atomic E-state index is -1.23. The van der Waals surface area contributed by atoms with Crippen molar-refractivity contribution in [2.45, 2.75) is 5.22 Å². The Balaban J connectivity index is 1.93. The fourth-order valence-electron chi connectivity index (χ4n) is 2.53. The Kier molecular flexibility index (Phi) is 7.08. The fourth-order valence-corrected chi connectivity index (χ4v) is 3.65. The molecule has 3 aromatic rings. The van der Waals surface area contributed by atoms with Crippen molar-refractivity contribution in [3.63, 3.8) is 0 Å². The van der Waals surface area contributed by atoms with E-state index in [-0.39, 0.29) is 33.1 Å². The number of phenolic OH excluding ortho intramolecular Hbond substituents is 1. The van der Waals surface area contributed by atoms with Crippen LogP contribution >= 0.6 is 27.7 Å². The summed E-state index contributed by atoms with van der Waals surface area (Å²) in [5.74, 6) is 0.00334. The molecule has 0 saturated carbocycles. The van der Waals surface area contributed by atoms with Gasteiger partial charge in [0.15, 0.2) is 11.5 Å². The predicted octanol–water partition coefficient (Wildman–Crippen LogP) is 4.45. The van der Waals surface area contributed by atoms with E-state index in [1.165, 1.54) is 27.4 Å². The molecule has 162 valence electrons. The Bertz CT molecular complexity index is 1120. The zero-order chi connectivity index (χ0) is 22.5. The van der Waals surface area contributed by atoms with Crippen molar-refractivity contribution in [2.24, 2.45) is 0 Å². The molecular formula is C20H17BrN2O7S. The highest BCUT2D eigenvalue weighted by Gasteiger charge is 2.18. The van der Waals surface area contributed by atoms with Gasteiger partial charge in [0.1, 0.15) is 16.4 Å². The Morgan fingerprint density at radius 1 is 1.06 bits per heavy atom. The van der Waals surface area contributed by atoms with E-state index in [4.69, 9.17) is 18.6 Å². The van der Waals surface area contributed by atoms with Crippen molar-refractivity contribution in [3.05, 3.63) is 45.3 Å². The molecule has 0 amide bonds. The molecule has 0 aliphatic rings. The van der Waals surface area contributed by atoms with Gasteiger partial charge in [-0.3, -0.25) is 0 Å². The van der Waals surface area contributed by atoms with Crippen molar-refractivity contribution in [1.82, 2.24) is 10.2 Å². The monoisotopic (exact) mass is 508 g/mol. The molecule has 0 atom stereocenters. The summed E-state index contributed by atoms with van der Waals surface area (Å²) >= 11 is 4.05. The third kappa shape index (κ3) is 5.30. The molecular weight excluding hydrogens is 492 g/mol. The van der Waals surface area contributed by atoms with Crippen LogP contribution in [0.15, 0.2) is 49.3 Å². The SMILES string of the molecule is COc1cc(OC)cc(-c2nnc(S/C(=C\c3cc(Br)cc(OC)c3O)C(=O)O)o2)c1. The van der Waals surface area contributed by atoms with Crippen molar-refractivity contribution in [1.29, 1.82) is 0 Å². The van der Waals surface area contributed by atoms with Gasteiger partial charge in [0.05, 0.1) is 21.3 Å². The molecule has 0 fully saturated rings. The second-order valence-corrected chi connectivity index (χ2v) is 7.85. The van der Waals surface area contributed by atoms with Gasteiger partial charge < -0.3 is 28.8 Å². The lowest BCUT2D eigenvalue weighted by Crippen LogP contribution is -1.97. The molecule has 0 radical (unpaired) electrons. The molecule has 0 saturated heterocycles. The van der Waals surface area contributed by atoms with Crippen molar-refractivity contribution < 1.29 is 33.6 Å². The Morgan fingerprint density at radius 2 is 1.74 bits per heavy atom. The molecule has 0 aliphatic heterocycles. The number of carboxylic acid groups (broad SMARTS) is 1. The van der Waals surface area contributed by atoms with Crippen LogP contribution in [-0.2, 0) is 4.79 Å². The molecule has 9 nitrogen and oxygen atoms in total. The molecule has 3 rings (SSSR count). The van der Waals surface area contributed by atoms with Crippen LogP contribution < -0.4 is 14.2 Å². The van der Waals surface area contributed by atoms with E-state index in [0.717, 1.165) is 11.8 Å². The summed E-state index contributed by atoms with van der Waals surface area (Å²) < 4.78 is 21.8. The van der Waals surface area contributed by atoms with E-state index >= 15 is 0 Å². The first-order chi connectivity index (χ1) is 14.8. The number of benzene rings is 2. The fraction of sp³-hybridized carbons (Fsp3) is 0.150. The number of methoxy groups -OCH3 is 3. The van der Waals surface area contributed by atoms with Crippen LogP contribution in [0.2, 0.25) is 0 Å². The van der Waals surface area contributed by atoms with Gasteiger partial charge in [0.2, 0.25) is 5.89 Å². The number of phenols is 1. The number of hydrogen-bond donors (Lipinski definition) is 2. The van der Waals surface area contributed by atoms with E-state index in [9.17, 15) is 15.0 Å². The molecule has 31 heavy (non-hydrogen) atoms. The molecule has 1 heterocycles. The van der Waals surface area contributed by atoms with E-state index < -0.39 is 5.97 Å². The highest BCUT2D eigenvalue weighted by atomic mass is 79.9. The number of thioether (sulfide) groups is 1. The quantitative estimate of drug-likeness (QED) is 0.333. The number of aliphatic carboxylic acids is 1. The molecule has 2 N–H and O–H groups in total. The van der Waals surface area contributed by atoms with Crippen LogP contribution in [0.3, 0.4) is 0 Å². The number of aromatic nitrogens is 2. The molecule has 11 heteroatoms. The Hall–Kier alpha value is -3.18. The van der Waals surface area contributed by atoms with Gasteiger partial charge >= 0.3 is 5.97 Å². The number of carbonyl (C=O) groups is 1. The minimum Gasteiger partial charge on any atom is -0.504 e. The van der Waals surface area contributed by atoms with Gasteiger partial charge in [-0.25, -0.2) is 4.79 Å². The van der Waals surface area contributed by atoms with Crippen LogP contribution in [0.1, 0.15) is 5.56 Å². The van der Waals surface area contributed by atoms with Gasteiger partial charge in [0, 0.05) is 21.7 Å². The largest absolute Gasteiger partial charge is 0.504 e. The maximum absolute atomic E-state index is 11.8. The van der Waals surface area contributed by atoms with E-state index in [1.54, 1.807) is 30.3 Å². The van der Waals surface area contributed by atoms with Crippen molar-refractivity contribution >= 4 is 39.7 Å². The van der Waals surface area contributed by atoms with Crippen LogP contribution in [0.5, 0.6) is 23.0 Å². The van der Waals surface area contributed by atoms with E-state index in [1.807, 2.05) is 0 Å². The highest BCUT2D eigenvalue weighted by Crippen LogP contribution is 2.38. The smallest absolute Gasteiger partial charge is 0.342 e. The highest BCUT2D eigenvalue weighted by molar-refractivity contribution is 9.10. The normalized spacial score (nSPS) is 11.3. The zero-order valence-corrected chi connectivity index (χ0v) is 19.0. The maximum atomic E-state index is 11.8. The minimum absolute atomic E-state index is 0.00638. The van der Waals surface area contributed by atoms with Gasteiger partial charge in [-0.2, -0.15) is 0 Å². The Labute approximate surface area is 189 Å². The summed E-state index contributed by atoms with van der Waals surface area (Å²) in [5, 5.41) is 27.8. The lowest BCUT2D eigenvalue weighted by atomic mass is 10.1. The summed E-state index contributed by atoms with van der Waals surface area (Å²) in [5.41, 5.74) is 0.791. The number of rotatable bonds is 8. The van der Waals surface area contributed by atoms with E-state index in [2.05, 4.69) is 26.1 Å². The second kappa shape index (κ2) is 9.75. The summed E-state index contributed by atoms with van der Waals surface area (Å²) in [6.07, 6.45) is 1.29. The number of aromatic hydroxyl groups is 1. The third-order valence-electron chi connectivity index (χ3n) is 3.99. The molecule has 0 spiro atoms. The van der Waals surface area contributed by atoms with Crippen molar-refractivity contribution in [2.75, 3.05) is 21.3 Å². The van der Waals surface area contributed by atoms with Gasteiger partial charge in [-0.15, -0.1) is 10.2 Å². The number of ether oxygens (including phenoxy) is 3. The topological polar surface area (TPSA) is 124 Å². The average molecular weight is 509 g/mol. The number of nitrogens with zero attached hydrogens (tertiary/aromatic N) is 2. The number of carboxylic acids is 1. The van der Waals surface area contributed by atoms with E-state index in [0.29, 0.717) is 21.5 Å². The first kappa shape index (κ1) is 22.5. The van der Waals surface area contributed by atoms with Gasteiger partial charge in [-0.1, -0.05) is 15.9 Å². The van der Waals surface area contributed by atoms with Crippen LogP contribution in [0.4, 0.5) is 0 Å². The van der Waals surface area contributed by atoms with Crippen LogP contribution in [0, 0.1) is 0 Å². The molecule has 0 unspecified atom stereocenters. The lowest BCUT2D eigenvalue weighted by molar-refractivity contribution is -0.131.